The lowest BCUT2D eigenvalue weighted by molar-refractivity contribution is -0.136. The van der Waals surface area contributed by atoms with Crippen molar-refractivity contribution < 1.29 is 37.1 Å². The average Bonchev–Trinajstić information content (AvgIpc) is 3.13. The van der Waals surface area contributed by atoms with Gasteiger partial charge in [0.2, 0.25) is 21.8 Å². The molecule has 0 bridgehead atoms. The van der Waals surface area contributed by atoms with Crippen molar-refractivity contribution in [1.29, 1.82) is 0 Å². The Morgan fingerprint density at radius 1 is 0.977 bits per heavy atom. The Labute approximate surface area is 252 Å². The molecule has 5 amide bonds. The van der Waals surface area contributed by atoms with Gasteiger partial charge in [-0.25, -0.2) is 17.9 Å². The van der Waals surface area contributed by atoms with Crippen LogP contribution in [-0.2, 0) is 24.3 Å². The second-order valence-corrected chi connectivity index (χ2v) is 14.2. The van der Waals surface area contributed by atoms with E-state index in [1.54, 1.807) is 39.0 Å². The highest BCUT2D eigenvalue weighted by atomic mass is 32.2. The highest BCUT2D eigenvalue weighted by Crippen LogP contribution is 2.32. The van der Waals surface area contributed by atoms with E-state index in [4.69, 9.17) is 4.74 Å². The molecule has 2 fully saturated rings. The Morgan fingerprint density at radius 3 is 2.28 bits per heavy atom. The molecule has 43 heavy (non-hydrogen) atoms. The second-order valence-electron chi connectivity index (χ2n) is 12.2. The Morgan fingerprint density at radius 2 is 1.63 bits per heavy atom. The number of ether oxygens (including phenoxy) is 1. The minimum absolute atomic E-state index is 0.0707. The maximum absolute atomic E-state index is 13.2. The Bertz CT molecular complexity index is 1370. The number of amides is 5. The number of hydrogen-bond donors (Lipinski definition) is 3. The quantitative estimate of drug-likeness (QED) is 0.221. The summed E-state index contributed by atoms with van der Waals surface area (Å²) in [6, 6.07) is 3.99. The van der Waals surface area contributed by atoms with Crippen LogP contribution in [0.5, 0.6) is 0 Å². The summed E-state index contributed by atoms with van der Waals surface area (Å²) in [5.41, 5.74) is 0.411. The molecule has 13 nitrogen and oxygen atoms in total. The fourth-order valence-electron chi connectivity index (χ4n) is 5.28. The number of carbonyl (C=O) groups excluding carboxylic acids is 5. The minimum atomic E-state index is -3.48. The molecule has 0 aliphatic carbocycles. The summed E-state index contributed by atoms with van der Waals surface area (Å²) < 4.78 is 32.8. The van der Waals surface area contributed by atoms with Crippen LogP contribution in [0.2, 0.25) is 0 Å². The molecule has 0 radical (unpaired) electrons. The van der Waals surface area contributed by atoms with Crippen LogP contribution >= 0.6 is 0 Å². The van der Waals surface area contributed by atoms with Gasteiger partial charge in [-0.1, -0.05) is 31.7 Å². The van der Waals surface area contributed by atoms with Crippen LogP contribution in [0.4, 0.5) is 10.5 Å². The van der Waals surface area contributed by atoms with Crippen molar-refractivity contribution in [1.82, 2.24) is 19.8 Å². The monoisotopic (exact) mass is 619 g/mol. The molecule has 3 heterocycles. The van der Waals surface area contributed by atoms with Gasteiger partial charge in [-0.05, 0) is 52.2 Å². The smallest absolute Gasteiger partial charge is 0.410 e. The number of piperidine rings is 1. The van der Waals surface area contributed by atoms with Gasteiger partial charge in [0, 0.05) is 38.3 Å². The molecule has 3 aliphatic rings. The van der Waals surface area contributed by atoms with Crippen molar-refractivity contribution in [2.45, 2.75) is 89.0 Å². The summed E-state index contributed by atoms with van der Waals surface area (Å²) in [4.78, 5) is 64.2. The Hall–Kier alpha value is -3.52. The van der Waals surface area contributed by atoms with E-state index in [9.17, 15) is 32.4 Å². The first kappa shape index (κ1) is 32.4. The number of unbranched alkanes of at least 4 members (excludes halogenated alkanes) is 5. The molecule has 236 valence electrons. The first-order valence-electron chi connectivity index (χ1n) is 14.8. The lowest BCUT2D eigenvalue weighted by Gasteiger charge is -2.39. The minimum Gasteiger partial charge on any atom is -0.444 e. The van der Waals surface area contributed by atoms with Crippen molar-refractivity contribution in [3.8, 4) is 0 Å². The van der Waals surface area contributed by atoms with Gasteiger partial charge >= 0.3 is 6.09 Å². The first-order chi connectivity index (χ1) is 20.3. The van der Waals surface area contributed by atoms with Crippen molar-refractivity contribution >= 4 is 45.4 Å². The topological polar surface area (TPSA) is 171 Å². The number of sulfonamides is 1. The van der Waals surface area contributed by atoms with E-state index in [0.29, 0.717) is 18.8 Å². The number of nitrogens with one attached hydrogen (secondary N) is 3. The van der Waals surface area contributed by atoms with Gasteiger partial charge in [0.1, 0.15) is 16.9 Å². The van der Waals surface area contributed by atoms with Crippen LogP contribution in [0.3, 0.4) is 0 Å². The second kappa shape index (κ2) is 13.4. The van der Waals surface area contributed by atoms with Gasteiger partial charge in [-0.15, -0.1) is 0 Å². The molecule has 3 N–H and O–H groups in total. The van der Waals surface area contributed by atoms with E-state index in [0.717, 1.165) is 43.4 Å². The predicted molar refractivity (Wildman–Crippen MR) is 158 cm³/mol. The molecular weight excluding hydrogens is 578 g/mol. The molecule has 1 atom stereocenters. The molecule has 4 rings (SSSR count). The molecule has 3 aliphatic heterocycles. The number of fused-ring (bicyclic) bond motifs is 1. The summed E-state index contributed by atoms with van der Waals surface area (Å²) in [5, 5.41) is 4.83. The van der Waals surface area contributed by atoms with Gasteiger partial charge in [0.15, 0.2) is 0 Å². The Balaban J connectivity index is 1.10. The molecule has 14 heteroatoms. The third-order valence-corrected chi connectivity index (χ3v) is 9.41. The molecular formula is C29H41N5O8S. The van der Waals surface area contributed by atoms with Crippen molar-refractivity contribution in [2.24, 2.45) is 0 Å². The van der Waals surface area contributed by atoms with Crippen molar-refractivity contribution in [3.63, 3.8) is 0 Å². The van der Waals surface area contributed by atoms with Gasteiger partial charge < -0.3 is 15.0 Å². The number of hydrogen-bond acceptors (Lipinski definition) is 9. The van der Waals surface area contributed by atoms with E-state index in [1.807, 2.05) is 0 Å². The maximum atomic E-state index is 13.2. The number of nitrogens with zero attached hydrogens (tertiary/aromatic N) is 2. The predicted octanol–water partition coefficient (Wildman–Crippen LogP) is 2.38. The molecule has 1 unspecified atom stereocenters. The fourth-order valence-corrected chi connectivity index (χ4v) is 6.70. The third kappa shape index (κ3) is 7.91. The van der Waals surface area contributed by atoms with Crippen LogP contribution in [0.15, 0.2) is 18.2 Å². The van der Waals surface area contributed by atoms with E-state index < -0.39 is 56.6 Å². The van der Waals surface area contributed by atoms with Crippen LogP contribution < -0.4 is 15.4 Å². The standard InChI is InChI=1S/C29H41N5O8S/c1-29(2,3)42-28(39)33-17-19(18-33)43(40,41)31-16-9-7-5-4-6-8-15-30-21-12-10-11-20-24(21)27(38)34(26(20)37)22-13-14-23(35)32-25(22)36/h10-12,19,22,30-31H,4-9,13-18H2,1-3H3,(H,32,35,36). The number of carbonyl (C=O) groups is 5. The van der Waals surface area contributed by atoms with Gasteiger partial charge in [0.05, 0.1) is 11.1 Å². The summed E-state index contributed by atoms with van der Waals surface area (Å²) in [6.07, 6.45) is 4.97. The number of likely N-dealkylation sites (tertiary alicyclic amines) is 1. The number of rotatable bonds is 13. The summed E-state index contributed by atoms with van der Waals surface area (Å²) in [7, 11) is -3.48. The van der Waals surface area contributed by atoms with Crippen molar-refractivity contribution in [3.05, 3.63) is 29.3 Å². The van der Waals surface area contributed by atoms with Gasteiger partial charge in [-0.3, -0.25) is 29.4 Å². The van der Waals surface area contributed by atoms with E-state index in [1.165, 1.54) is 4.90 Å². The van der Waals surface area contributed by atoms with E-state index in [-0.39, 0.29) is 37.1 Å². The summed E-state index contributed by atoms with van der Waals surface area (Å²) >= 11 is 0. The highest BCUT2D eigenvalue weighted by molar-refractivity contribution is 7.90. The molecule has 0 aromatic heterocycles. The molecule has 2 saturated heterocycles. The first-order valence-corrected chi connectivity index (χ1v) is 16.4. The van der Waals surface area contributed by atoms with Gasteiger partial charge in [-0.2, -0.15) is 0 Å². The molecule has 1 aromatic rings. The molecule has 0 saturated carbocycles. The maximum Gasteiger partial charge on any atom is 0.410 e. The number of imide groups is 2. The van der Waals surface area contributed by atoms with Crippen LogP contribution in [-0.4, -0.2) is 91.0 Å². The number of benzene rings is 1. The van der Waals surface area contributed by atoms with Crippen LogP contribution in [0.25, 0.3) is 0 Å². The normalized spacial score (nSPS) is 19.3. The molecule has 1 aromatic carbocycles. The highest BCUT2D eigenvalue weighted by Gasteiger charge is 2.45. The van der Waals surface area contributed by atoms with E-state index >= 15 is 0 Å². The zero-order valence-electron chi connectivity index (χ0n) is 24.9. The lowest BCUT2D eigenvalue weighted by atomic mass is 10.0. The Kier molecular flexibility index (Phi) is 10.1. The van der Waals surface area contributed by atoms with E-state index in [2.05, 4.69) is 15.4 Å². The summed E-state index contributed by atoms with van der Waals surface area (Å²) in [6.45, 7) is 6.51. The van der Waals surface area contributed by atoms with Crippen LogP contribution in [0.1, 0.15) is 92.9 Å². The lowest BCUT2D eigenvalue weighted by Crippen LogP contribution is -2.60. The molecule has 0 spiro atoms. The third-order valence-electron chi connectivity index (χ3n) is 7.63. The zero-order valence-corrected chi connectivity index (χ0v) is 25.8. The zero-order chi connectivity index (χ0) is 31.4. The average molecular weight is 620 g/mol. The fraction of sp³-hybridized carbons (Fsp3) is 0.621. The largest absolute Gasteiger partial charge is 0.444 e. The SMILES string of the molecule is CC(C)(C)OC(=O)N1CC(S(=O)(=O)NCCCCCCCCNc2cccc3c2C(=O)N(C2CCC(=O)NC2=O)C3=O)C1. The van der Waals surface area contributed by atoms with Crippen LogP contribution in [0, 0.1) is 0 Å². The van der Waals surface area contributed by atoms with Gasteiger partial charge in [0.25, 0.3) is 11.8 Å². The van der Waals surface area contributed by atoms with Crippen molar-refractivity contribution in [2.75, 3.05) is 31.5 Å². The summed E-state index contributed by atoms with van der Waals surface area (Å²) in [5.74, 6) is -2.12. The number of anilines is 1.